The van der Waals surface area contributed by atoms with Crippen molar-refractivity contribution in [2.75, 3.05) is 13.2 Å². The molecule has 0 aliphatic heterocycles. The third kappa shape index (κ3) is 18.7. The van der Waals surface area contributed by atoms with E-state index < -0.39 is 30.9 Å². The Morgan fingerprint density at radius 2 is 1.61 bits per heavy atom. The minimum Gasteiger partial charge on any atom is -0.462 e. The van der Waals surface area contributed by atoms with Crippen LogP contribution in [0.25, 0.3) is 0 Å². The molecule has 254 valence electrons. The van der Waals surface area contributed by atoms with Gasteiger partial charge in [-0.1, -0.05) is 109 Å². The van der Waals surface area contributed by atoms with E-state index in [1.807, 2.05) is 12.2 Å². The van der Waals surface area contributed by atoms with Crippen LogP contribution in [0.3, 0.4) is 0 Å². The van der Waals surface area contributed by atoms with Crippen LogP contribution in [0.1, 0.15) is 136 Å². The van der Waals surface area contributed by atoms with Gasteiger partial charge in [0.15, 0.2) is 6.10 Å². The molecule has 0 aromatic carbocycles. The summed E-state index contributed by atoms with van der Waals surface area (Å²) in [6, 6.07) is 0. The van der Waals surface area contributed by atoms with E-state index in [0.717, 1.165) is 44.4 Å². The van der Waals surface area contributed by atoms with Crippen molar-refractivity contribution in [2.45, 2.75) is 155 Å². The normalized spacial score (nSPS) is 20.8. The molecule has 1 aliphatic rings. The van der Waals surface area contributed by atoms with Gasteiger partial charge in [0.2, 0.25) is 0 Å². The number of ketones is 1. The number of carbonyl (C=O) groups is 3. The lowest BCUT2D eigenvalue weighted by molar-refractivity contribution is -0.161. The fourth-order valence-corrected chi connectivity index (χ4v) is 5.51. The molecule has 44 heavy (non-hydrogen) atoms. The van der Waals surface area contributed by atoms with Crippen molar-refractivity contribution in [3.8, 4) is 0 Å². The molecule has 0 spiro atoms. The minimum absolute atomic E-state index is 0.0304. The molecule has 1 saturated carbocycles. The van der Waals surface area contributed by atoms with Crippen LogP contribution in [-0.2, 0) is 23.9 Å². The van der Waals surface area contributed by atoms with Gasteiger partial charge in [-0.2, -0.15) is 0 Å². The number of carbonyl (C=O) groups excluding carboxylic acids is 3. The molecule has 8 nitrogen and oxygen atoms in total. The molecule has 1 aliphatic carbocycles. The van der Waals surface area contributed by atoms with E-state index in [-0.39, 0.29) is 43.0 Å². The number of allylic oxidation sites excluding steroid dienone is 2. The lowest BCUT2D eigenvalue weighted by Crippen LogP contribution is -2.28. The molecule has 0 radical (unpaired) electrons. The second kappa shape index (κ2) is 25.2. The number of hydrogen-bond acceptors (Lipinski definition) is 8. The highest BCUT2D eigenvalue weighted by atomic mass is 16.6. The highest BCUT2D eigenvalue weighted by molar-refractivity contribution is 5.84. The van der Waals surface area contributed by atoms with E-state index in [0.29, 0.717) is 32.1 Å². The molecule has 6 atom stereocenters. The van der Waals surface area contributed by atoms with E-state index in [2.05, 4.69) is 20.8 Å². The smallest absolute Gasteiger partial charge is 0.306 e. The maximum Gasteiger partial charge on any atom is 0.306 e. The zero-order valence-electron chi connectivity index (χ0n) is 27.8. The zero-order valence-corrected chi connectivity index (χ0v) is 27.8. The Morgan fingerprint density at radius 1 is 0.932 bits per heavy atom. The first-order valence-electron chi connectivity index (χ1n) is 17.4. The lowest BCUT2D eigenvalue weighted by atomic mass is 9.90. The predicted octanol–water partition coefficient (Wildman–Crippen LogP) is 6.78. The summed E-state index contributed by atoms with van der Waals surface area (Å²) < 4.78 is 10.5. The summed E-state index contributed by atoms with van der Waals surface area (Å²) in [4.78, 5) is 36.7. The van der Waals surface area contributed by atoms with Crippen LogP contribution in [0.2, 0.25) is 0 Å². The number of aliphatic hydroxyl groups excluding tert-OH is 3. The monoisotopic (exact) mass is 622 g/mol. The molecule has 1 rings (SSSR count). The molecule has 0 heterocycles. The Hall–Kier alpha value is -2.03. The number of Topliss-reactive ketones (excluding diaryl/α,β-unsaturated/α-hetero) is 1. The second-order valence-electron chi connectivity index (χ2n) is 12.6. The molecule has 0 saturated heterocycles. The highest BCUT2D eigenvalue weighted by Crippen LogP contribution is 2.33. The van der Waals surface area contributed by atoms with Gasteiger partial charge >= 0.3 is 11.9 Å². The molecule has 1 fully saturated rings. The Balaban J connectivity index is 2.21. The second-order valence-corrected chi connectivity index (χ2v) is 12.6. The van der Waals surface area contributed by atoms with Gasteiger partial charge < -0.3 is 24.8 Å². The summed E-state index contributed by atoms with van der Waals surface area (Å²) >= 11 is 0. The number of unbranched alkanes of at least 4 members (excludes halogenated alkanes) is 8. The van der Waals surface area contributed by atoms with Crippen molar-refractivity contribution in [3.63, 3.8) is 0 Å². The Morgan fingerprint density at radius 3 is 2.32 bits per heavy atom. The molecule has 0 bridgehead atoms. The average molecular weight is 623 g/mol. The molecule has 0 amide bonds. The average Bonchev–Trinajstić information content (AvgIpc) is 3.28. The molecule has 1 unspecified atom stereocenters. The molecule has 0 aromatic rings. The number of rotatable bonds is 26. The Bertz CT molecular complexity index is 838. The first-order chi connectivity index (χ1) is 21.2. The van der Waals surface area contributed by atoms with Gasteiger partial charge in [0.25, 0.3) is 0 Å². The van der Waals surface area contributed by atoms with Gasteiger partial charge in [-0.05, 0) is 38.0 Å². The molecule has 3 N–H and O–H groups in total. The van der Waals surface area contributed by atoms with Crippen LogP contribution in [0, 0.1) is 17.8 Å². The summed E-state index contributed by atoms with van der Waals surface area (Å²) in [5, 5.41) is 30.0. The van der Waals surface area contributed by atoms with Crippen LogP contribution < -0.4 is 0 Å². The lowest BCUT2D eigenvalue weighted by Gasteiger charge is -2.16. The van der Waals surface area contributed by atoms with Gasteiger partial charge in [-0.15, -0.1) is 0 Å². The predicted molar refractivity (Wildman–Crippen MR) is 174 cm³/mol. The number of hydrogen-bond donors (Lipinski definition) is 3. The minimum atomic E-state index is -0.856. The maximum atomic E-state index is 12.4. The third-order valence-corrected chi connectivity index (χ3v) is 8.66. The van der Waals surface area contributed by atoms with Crippen LogP contribution in [0.4, 0.5) is 0 Å². The van der Waals surface area contributed by atoms with E-state index in [9.17, 15) is 29.7 Å². The van der Waals surface area contributed by atoms with Crippen molar-refractivity contribution >= 4 is 17.7 Å². The largest absolute Gasteiger partial charge is 0.462 e. The quantitative estimate of drug-likeness (QED) is 0.0547. The fourth-order valence-electron chi connectivity index (χ4n) is 5.51. The van der Waals surface area contributed by atoms with Crippen molar-refractivity contribution in [1.82, 2.24) is 0 Å². The standard InChI is InChI=1S/C36H62O8/c1-4-6-13-19-29(38)23-24-32-31(33(39)25-34(32)40)20-15-11-12-16-21-35(41)43-27-30(26-37)44-36(42)22-17-10-8-7-9-14-18-28(3)5-2/h11,15,23-24,28-32,34,37-38,40H,4-10,12-14,16-22,25-27H2,1-3H3/b15-11-,24-23+/t28?,29-,30-,31+,32+,34+/m0/s1. The molecule has 0 aromatic heterocycles. The fraction of sp³-hybridized carbons (Fsp3) is 0.806. The van der Waals surface area contributed by atoms with Crippen LogP contribution in [-0.4, -0.2) is 64.6 Å². The number of ether oxygens (including phenoxy) is 2. The van der Waals surface area contributed by atoms with Gasteiger partial charge in [-0.3, -0.25) is 14.4 Å². The first kappa shape index (κ1) is 40.0. The summed E-state index contributed by atoms with van der Waals surface area (Å²) in [6.45, 7) is 6.07. The maximum absolute atomic E-state index is 12.4. The van der Waals surface area contributed by atoms with Crippen molar-refractivity contribution in [2.24, 2.45) is 17.8 Å². The molecular formula is C36H62O8. The SMILES string of the molecule is CCCCC[C@H](O)/C=C/[C@H]1[C@H](O)CC(=O)[C@@H]1C/C=C\CCCC(=O)OC[C@H](CO)OC(=O)CCCCCCCCC(C)CC. The summed E-state index contributed by atoms with van der Waals surface area (Å²) in [6.07, 6.45) is 20.4. The van der Waals surface area contributed by atoms with Crippen LogP contribution in [0.15, 0.2) is 24.3 Å². The van der Waals surface area contributed by atoms with Crippen molar-refractivity contribution in [1.29, 1.82) is 0 Å². The topological polar surface area (TPSA) is 130 Å². The summed E-state index contributed by atoms with van der Waals surface area (Å²) in [5.74, 6) is -0.581. The van der Waals surface area contributed by atoms with Gasteiger partial charge in [0, 0.05) is 31.1 Å². The highest BCUT2D eigenvalue weighted by Gasteiger charge is 2.39. The molecule has 8 heteroatoms. The first-order valence-corrected chi connectivity index (χ1v) is 17.4. The summed E-state index contributed by atoms with van der Waals surface area (Å²) in [5.41, 5.74) is 0. The molecular weight excluding hydrogens is 560 g/mol. The van der Waals surface area contributed by atoms with Crippen LogP contribution >= 0.6 is 0 Å². The van der Waals surface area contributed by atoms with Crippen LogP contribution in [0.5, 0.6) is 0 Å². The van der Waals surface area contributed by atoms with E-state index in [1.165, 1.54) is 32.1 Å². The van der Waals surface area contributed by atoms with Crippen molar-refractivity contribution < 1.29 is 39.2 Å². The van der Waals surface area contributed by atoms with Gasteiger partial charge in [0.1, 0.15) is 12.4 Å². The Labute approximate surface area is 266 Å². The number of aliphatic hydroxyl groups is 3. The zero-order chi connectivity index (χ0) is 32.6. The van der Waals surface area contributed by atoms with Gasteiger partial charge in [0.05, 0.1) is 18.8 Å². The van der Waals surface area contributed by atoms with Crippen molar-refractivity contribution in [3.05, 3.63) is 24.3 Å². The third-order valence-electron chi connectivity index (χ3n) is 8.66. The van der Waals surface area contributed by atoms with E-state index in [4.69, 9.17) is 9.47 Å². The van der Waals surface area contributed by atoms with E-state index in [1.54, 1.807) is 12.2 Å². The van der Waals surface area contributed by atoms with E-state index >= 15 is 0 Å². The van der Waals surface area contributed by atoms with Gasteiger partial charge in [-0.25, -0.2) is 0 Å². The summed E-state index contributed by atoms with van der Waals surface area (Å²) in [7, 11) is 0. The number of esters is 2. The Kier molecular flexibility index (Phi) is 22.9.